The Morgan fingerprint density at radius 3 is 1.67 bits per heavy atom. The van der Waals surface area contributed by atoms with Crippen molar-refractivity contribution in [1.29, 1.82) is 0 Å². The molecule has 0 N–H and O–H groups in total. The van der Waals surface area contributed by atoms with Gasteiger partial charge >= 0.3 is 0 Å². The molecule has 0 amide bonds. The average Bonchev–Trinajstić information content (AvgIpc) is 2.54. The van der Waals surface area contributed by atoms with E-state index in [0.717, 1.165) is 23.0 Å². The summed E-state index contributed by atoms with van der Waals surface area (Å²) in [6.45, 7) is 1.15. The van der Waals surface area contributed by atoms with E-state index in [0.29, 0.717) is 13.2 Å². The molecule has 3 rings (SSSR count). The highest BCUT2D eigenvalue weighted by atomic mass is 32.2. The van der Waals surface area contributed by atoms with Crippen molar-refractivity contribution < 1.29 is 9.47 Å². The van der Waals surface area contributed by atoms with Crippen LogP contribution in [0.25, 0.3) is 0 Å². The fourth-order valence-corrected chi connectivity index (χ4v) is 3.23. The highest BCUT2D eigenvalue weighted by Gasteiger charge is 2.06. The van der Waals surface area contributed by atoms with Crippen LogP contribution >= 0.6 is 11.8 Å². The predicted octanol–water partition coefficient (Wildman–Crippen LogP) is 4.45. The predicted molar refractivity (Wildman–Crippen MR) is 88.0 cm³/mol. The molecule has 0 fully saturated rings. The van der Waals surface area contributed by atoms with Gasteiger partial charge in [0.2, 0.25) is 0 Å². The summed E-state index contributed by atoms with van der Waals surface area (Å²) in [7, 11) is 0. The molecule has 2 nitrogen and oxygen atoms in total. The molecule has 0 saturated carbocycles. The van der Waals surface area contributed by atoms with E-state index in [1.807, 2.05) is 48.2 Å². The van der Waals surface area contributed by atoms with Gasteiger partial charge in [-0.05, 0) is 24.3 Å². The summed E-state index contributed by atoms with van der Waals surface area (Å²) in [4.78, 5) is 0. The maximum absolute atomic E-state index is 5.82. The van der Waals surface area contributed by atoms with Gasteiger partial charge in [-0.1, -0.05) is 36.4 Å². The van der Waals surface area contributed by atoms with Gasteiger partial charge in [-0.25, -0.2) is 0 Å². The monoisotopic (exact) mass is 298 g/mol. The lowest BCUT2D eigenvalue weighted by atomic mass is 10.2. The number of rotatable bonds is 0. The molecule has 1 aliphatic rings. The molecule has 0 radical (unpaired) electrons. The minimum absolute atomic E-state index is 0.576. The van der Waals surface area contributed by atoms with Crippen LogP contribution in [-0.4, -0.2) is 13.2 Å². The molecule has 0 unspecified atom stereocenters. The minimum atomic E-state index is 0.576. The van der Waals surface area contributed by atoms with Crippen LogP contribution in [0.1, 0.15) is 11.1 Å². The van der Waals surface area contributed by atoms with Crippen molar-refractivity contribution in [3.8, 4) is 11.5 Å². The van der Waals surface area contributed by atoms with E-state index in [4.69, 9.17) is 9.47 Å². The molecule has 0 aromatic heterocycles. The molecule has 0 aliphatic carbocycles. The van der Waals surface area contributed by atoms with Crippen LogP contribution in [0.5, 0.6) is 11.5 Å². The molecule has 1 aliphatic heterocycles. The second-order valence-corrected chi connectivity index (χ2v) is 5.79. The zero-order valence-electron chi connectivity index (χ0n) is 11.8. The van der Waals surface area contributed by atoms with Crippen LogP contribution in [0.4, 0.5) is 0 Å². The molecule has 108 valence electrons. The van der Waals surface area contributed by atoms with E-state index >= 15 is 0 Å². The topological polar surface area (TPSA) is 18.5 Å². The van der Waals surface area contributed by atoms with Gasteiger partial charge in [0.1, 0.15) is 24.7 Å². The molecule has 3 heteroatoms. The SMILES string of the molecule is C1=C\COc2ccccc2CSCc2ccccc2OC/1. The van der Waals surface area contributed by atoms with E-state index in [2.05, 4.69) is 24.3 Å². The third kappa shape index (κ3) is 3.82. The normalized spacial score (nSPS) is 16.8. The summed E-state index contributed by atoms with van der Waals surface area (Å²) in [5, 5.41) is 0. The lowest BCUT2D eigenvalue weighted by molar-refractivity contribution is 0.348. The molecule has 0 atom stereocenters. The first-order chi connectivity index (χ1) is 10.4. The van der Waals surface area contributed by atoms with Crippen molar-refractivity contribution in [3.05, 3.63) is 71.8 Å². The standard InChI is InChI=1S/C18H18O2S/c1-3-9-17-15(7-1)13-21-14-16-8-2-4-10-18(16)20-12-6-5-11-19-17/h1-10H,11-14H2/b6-5-. The zero-order chi connectivity index (χ0) is 14.3. The average molecular weight is 298 g/mol. The van der Waals surface area contributed by atoms with E-state index < -0.39 is 0 Å². The minimum Gasteiger partial charge on any atom is -0.489 e. The summed E-state index contributed by atoms with van der Waals surface area (Å²) in [6, 6.07) is 16.5. The van der Waals surface area contributed by atoms with Gasteiger partial charge in [0, 0.05) is 22.6 Å². The molecule has 0 bridgehead atoms. The summed E-state index contributed by atoms with van der Waals surface area (Å²) < 4.78 is 11.6. The van der Waals surface area contributed by atoms with Crippen LogP contribution in [0.15, 0.2) is 60.7 Å². The van der Waals surface area contributed by atoms with E-state index in [9.17, 15) is 0 Å². The lowest BCUT2D eigenvalue weighted by Crippen LogP contribution is -1.98. The van der Waals surface area contributed by atoms with Crippen molar-refractivity contribution in [2.75, 3.05) is 13.2 Å². The van der Waals surface area contributed by atoms with Crippen molar-refractivity contribution in [2.45, 2.75) is 11.5 Å². The number of benzene rings is 2. The molecule has 1 heterocycles. The summed E-state index contributed by atoms with van der Waals surface area (Å²) in [5.41, 5.74) is 2.49. The number of para-hydroxylation sites is 2. The Hall–Kier alpha value is -1.87. The van der Waals surface area contributed by atoms with Gasteiger partial charge in [-0.2, -0.15) is 11.8 Å². The molecule has 0 saturated heterocycles. The summed E-state index contributed by atoms with van der Waals surface area (Å²) in [5.74, 6) is 3.83. The molecule has 2 aromatic rings. The number of ether oxygens (including phenoxy) is 2. The Labute approximate surface area is 129 Å². The second kappa shape index (κ2) is 7.23. The van der Waals surface area contributed by atoms with Gasteiger partial charge in [-0.15, -0.1) is 0 Å². The van der Waals surface area contributed by atoms with Gasteiger partial charge in [0.25, 0.3) is 0 Å². The number of hydrogen-bond acceptors (Lipinski definition) is 3. The van der Waals surface area contributed by atoms with Crippen molar-refractivity contribution in [2.24, 2.45) is 0 Å². The number of thioether (sulfide) groups is 1. The van der Waals surface area contributed by atoms with Crippen LogP contribution in [-0.2, 0) is 11.5 Å². The maximum Gasteiger partial charge on any atom is 0.123 e. The van der Waals surface area contributed by atoms with Crippen LogP contribution in [0.2, 0.25) is 0 Å². The van der Waals surface area contributed by atoms with Gasteiger partial charge < -0.3 is 9.47 Å². The third-order valence-electron chi connectivity index (χ3n) is 3.30. The largest absolute Gasteiger partial charge is 0.489 e. The van der Waals surface area contributed by atoms with Gasteiger partial charge in [0.05, 0.1) is 0 Å². The quantitative estimate of drug-likeness (QED) is 0.670. The van der Waals surface area contributed by atoms with E-state index in [1.165, 1.54) is 11.1 Å². The zero-order valence-corrected chi connectivity index (χ0v) is 12.6. The van der Waals surface area contributed by atoms with Crippen LogP contribution in [0.3, 0.4) is 0 Å². The van der Waals surface area contributed by atoms with Gasteiger partial charge in [0.15, 0.2) is 0 Å². The first kappa shape index (κ1) is 14.1. The second-order valence-electron chi connectivity index (χ2n) is 4.80. The maximum atomic E-state index is 5.82. The first-order valence-electron chi connectivity index (χ1n) is 7.07. The molecule has 21 heavy (non-hydrogen) atoms. The van der Waals surface area contributed by atoms with Crippen LogP contribution < -0.4 is 9.47 Å². The summed E-state index contributed by atoms with van der Waals surface area (Å²) in [6.07, 6.45) is 4.01. The van der Waals surface area contributed by atoms with Crippen molar-refractivity contribution >= 4 is 11.8 Å². The smallest absolute Gasteiger partial charge is 0.123 e. The Balaban J connectivity index is 1.82. The van der Waals surface area contributed by atoms with E-state index in [1.54, 1.807) is 0 Å². The van der Waals surface area contributed by atoms with Crippen molar-refractivity contribution in [3.63, 3.8) is 0 Å². The Kier molecular flexibility index (Phi) is 4.85. The fraction of sp³-hybridized carbons (Fsp3) is 0.222. The molecular weight excluding hydrogens is 280 g/mol. The lowest BCUT2D eigenvalue weighted by Gasteiger charge is -2.11. The molecule has 0 spiro atoms. The third-order valence-corrected chi connectivity index (χ3v) is 4.33. The Morgan fingerprint density at radius 2 is 1.14 bits per heavy atom. The first-order valence-corrected chi connectivity index (χ1v) is 8.23. The fourth-order valence-electron chi connectivity index (χ4n) is 2.21. The number of hydrogen-bond donors (Lipinski definition) is 0. The Bertz CT molecular complexity index is 569. The molecular formula is C18H18O2S. The highest BCUT2D eigenvalue weighted by Crippen LogP contribution is 2.28. The van der Waals surface area contributed by atoms with E-state index in [-0.39, 0.29) is 0 Å². The van der Waals surface area contributed by atoms with Crippen molar-refractivity contribution in [1.82, 2.24) is 0 Å². The van der Waals surface area contributed by atoms with Crippen LogP contribution in [0, 0.1) is 0 Å². The number of fused-ring (bicyclic) bond motifs is 2. The Morgan fingerprint density at radius 1 is 0.667 bits per heavy atom. The molecule has 2 aromatic carbocycles. The van der Waals surface area contributed by atoms with Gasteiger partial charge in [-0.3, -0.25) is 0 Å². The highest BCUT2D eigenvalue weighted by molar-refractivity contribution is 7.97. The summed E-state index contributed by atoms with van der Waals surface area (Å²) >= 11 is 1.88.